The molecule has 0 aliphatic heterocycles. The summed E-state index contributed by atoms with van der Waals surface area (Å²) < 4.78 is 14.0. The molecule has 1 aromatic carbocycles. The van der Waals surface area contributed by atoms with Crippen LogP contribution in [0.5, 0.6) is 5.75 Å². The number of nitrogens with one attached hydrogen (secondary N) is 1. The summed E-state index contributed by atoms with van der Waals surface area (Å²) >= 11 is 1.04. The zero-order valence-corrected chi connectivity index (χ0v) is 13.1. The van der Waals surface area contributed by atoms with E-state index in [1.54, 1.807) is 13.1 Å². The predicted octanol–water partition coefficient (Wildman–Crippen LogP) is 2.56. The normalized spacial score (nSPS) is 10.6. The molecule has 8 heteroatoms. The van der Waals surface area contributed by atoms with Crippen molar-refractivity contribution in [1.82, 2.24) is 9.59 Å². The van der Waals surface area contributed by atoms with Gasteiger partial charge in [0.05, 0.1) is 19.4 Å². The van der Waals surface area contributed by atoms with E-state index in [0.29, 0.717) is 11.6 Å². The van der Waals surface area contributed by atoms with Crippen LogP contribution in [-0.4, -0.2) is 35.0 Å². The number of hydrazone groups is 1. The average Bonchev–Trinajstić information content (AvgIpc) is 2.98. The summed E-state index contributed by atoms with van der Waals surface area (Å²) in [7, 11) is 0. The molecule has 0 spiro atoms. The number of rotatable bonds is 7. The Bertz CT molecular complexity index is 640. The van der Waals surface area contributed by atoms with E-state index in [-0.39, 0.29) is 12.3 Å². The number of hydrogen-bond donors (Lipinski definition) is 1. The quantitative estimate of drug-likeness (QED) is 0.479. The Morgan fingerprint density at radius 3 is 2.77 bits per heavy atom. The van der Waals surface area contributed by atoms with Crippen LogP contribution in [-0.2, 0) is 4.74 Å². The van der Waals surface area contributed by atoms with Gasteiger partial charge in [-0.3, -0.25) is 5.43 Å². The van der Waals surface area contributed by atoms with Crippen molar-refractivity contribution < 1.29 is 14.3 Å². The van der Waals surface area contributed by atoms with Crippen LogP contribution in [0, 0.1) is 0 Å². The van der Waals surface area contributed by atoms with Crippen LogP contribution < -0.4 is 10.2 Å². The Morgan fingerprint density at radius 1 is 1.32 bits per heavy atom. The van der Waals surface area contributed by atoms with Crippen LogP contribution in [0.1, 0.15) is 29.9 Å². The maximum Gasteiger partial charge on any atom is 0.362 e. The van der Waals surface area contributed by atoms with E-state index >= 15 is 0 Å². The molecular weight excluding hydrogens is 304 g/mol. The van der Waals surface area contributed by atoms with Crippen LogP contribution in [0.3, 0.4) is 0 Å². The fraction of sp³-hybridized carbons (Fsp3) is 0.286. The first kappa shape index (κ1) is 15.9. The van der Waals surface area contributed by atoms with Gasteiger partial charge in [-0.1, -0.05) is 4.49 Å². The fourth-order valence-corrected chi connectivity index (χ4v) is 2.09. The first-order chi connectivity index (χ1) is 10.7. The van der Waals surface area contributed by atoms with Gasteiger partial charge in [0.1, 0.15) is 5.75 Å². The minimum atomic E-state index is -0.519. The molecule has 0 radical (unpaired) electrons. The Morgan fingerprint density at radius 2 is 2.09 bits per heavy atom. The van der Waals surface area contributed by atoms with E-state index in [1.165, 1.54) is 0 Å². The maximum absolute atomic E-state index is 11.6. The largest absolute Gasteiger partial charge is 0.494 e. The minimum Gasteiger partial charge on any atom is -0.494 e. The van der Waals surface area contributed by atoms with E-state index in [2.05, 4.69) is 20.1 Å². The van der Waals surface area contributed by atoms with Gasteiger partial charge in [-0.15, -0.1) is 5.10 Å². The second-order valence-corrected chi connectivity index (χ2v) is 4.80. The molecule has 0 aliphatic carbocycles. The summed E-state index contributed by atoms with van der Waals surface area (Å²) in [5.41, 5.74) is 3.78. The van der Waals surface area contributed by atoms with E-state index < -0.39 is 5.97 Å². The Labute approximate surface area is 132 Å². The van der Waals surface area contributed by atoms with Gasteiger partial charge in [0.2, 0.25) is 5.69 Å². The molecule has 0 amide bonds. The molecule has 0 unspecified atom stereocenters. The van der Waals surface area contributed by atoms with Crippen molar-refractivity contribution in [3.63, 3.8) is 0 Å². The van der Waals surface area contributed by atoms with Gasteiger partial charge in [0.15, 0.2) is 5.00 Å². The molecule has 22 heavy (non-hydrogen) atoms. The Hall–Kier alpha value is -2.48. The number of hydrogen-bond acceptors (Lipinski definition) is 8. The maximum atomic E-state index is 11.6. The van der Waals surface area contributed by atoms with Crippen LogP contribution in [0.25, 0.3) is 0 Å². The fourth-order valence-electron chi connectivity index (χ4n) is 1.58. The number of anilines is 1. The highest BCUT2D eigenvalue weighted by Gasteiger charge is 2.17. The van der Waals surface area contributed by atoms with Crippen LogP contribution in [0.4, 0.5) is 5.00 Å². The van der Waals surface area contributed by atoms with Crippen molar-refractivity contribution in [2.45, 2.75) is 13.8 Å². The Kier molecular flexibility index (Phi) is 5.84. The molecule has 0 saturated carbocycles. The van der Waals surface area contributed by atoms with Crippen LogP contribution in [0.2, 0.25) is 0 Å². The molecule has 116 valence electrons. The second-order valence-electron chi connectivity index (χ2n) is 4.04. The average molecular weight is 320 g/mol. The molecule has 0 bridgehead atoms. The van der Waals surface area contributed by atoms with Gasteiger partial charge in [0.25, 0.3) is 0 Å². The van der Waals surface area contributed by atoms with Gasteiger partial charge in [-0.25, -0.2) is 4.79 Å². The number of carbonyl (C=O) groups is 1. The minimum absolute atomic E-state index is 0.135. The second kappa shape index (κ2) is 8.08. The lowest BCUT2D eigenvalue weighted by atomic mass is 10.2. The highest BCUT2D eigenvalue weighted by molar-refractivity contribution is 7.10. The van der Waals surface area contributed by atoms with Crippen molar-refractivity contribution in [1.29, 1.82) is 0 Å². The molecule has 0 saturated heterocycles. The van der Waals surface area contributed by atoms with Crippen molar-refractivity contribution in [2.24, 2.45) is 5.10 Å². The molecule has 2 aromatic rings. The highest BCUT2D eigenvalue weighted by atomic mass is 32.1. The molecule has 1 aromatic heterocycles. The zero-order valence-electron chi connectivity index (χ0n) is 12.3. The Balaban J connectivity index is 1.98. The molecule has 0 aliphatic rings. The molecule has 7 nitrogen and oxygen atoms in total. The molecular formula is C14H16N4O3S. The summed E-state index contributed by atoms with van der Waals surface area (Å²) in [5, 5.41) is 8.25. The lowest BCUT2D eigenvalue weighted by Gasteiger charge is -2.02. The van der Waals surface area contributed by atoms with E-state index in [9.17, 15) is 4.79 Å². The first-order valence-electron chi connectivity index (χ1n) is 6.76. The van der Waals surface area contributed by atoms with Gasteiger partial charge < -0.3 is 9.47 Å². The van der Waals surface area contributed by atoms with Gasteiger partial charge in [0, 0.05) is 11.5 Å². The van der Waals surface area contributed by atoms with E-state index in [1.807, 2.05) is 31.2 Å². The van der Waals surface area contributed by atoms with Crippen molar-refractivity contribution in [3.8, 4) is 5.75 Å². The number of esters is 1. The lowest BCUT2D eigenvalue weighted by Crippen LogP contribution is -2.07. The summed E-state index contributed by atoms with van der Waals surface area (Å²) in [5.74, 6) is 0.291. The molecule has 1 N–H and O–H groups in total. The third kappa shape index (κ3) is 4.26. The van der Waals surface area contributed by atoms with Gasteiger partial charge in [-0.05, 0) is 43.7 Å². The number of nitrogens with zero attached hydrogens (tertiary/aromatic N) is 3. The number of ether oxygens (including phenoxy) is 2. The third-order valence-electron chi connectivity index (χ3n) is 2.53. The standard InChI is InChI=1S/C14H16N4O3S/c1-3-20-11-7-5-10(6-8-11)9-15-17-13-12(16-18-22-13)14(19)21-4-2/h5-9,17H,3-4H2,1-2H3/b15-9+. The predicted molar refractivity (Wildman–Crippen MR) is 84.7 cm³/mol. The van der Waals surface area contributed by atoms with Crippen LogP contribution >= 0.6 is 11.5 Å². The SMILES string of the molecule is CCOC(=O)c1nnsc1N/N=C/c1ccc(OCC)cc1. The monoisotopic (exact) mass is 320 g/mol. The lowest BCUT2D eigenvalue weighted by molar-refractivity contribution is 0.0520. The van der Waals surface area contributed by atoms with Crippen molar-refractivity contribution in [2.75, 3.05) is 18.6 Å². The smallest absolute Gasteiger partial charge is 0.362 e. The summed E-state index contributed by atoms with van der Waals surface area (Å²) in [4.78, 5) is 11.6. The van der Waals surface area contributed by atoms with Crippen molar-refractivity contribution >= 4 is 28.7 Å². The molecule has 1 heterocycles. The van der Waals surface area contributed by atoms with Gasteiger partial charge >= 0.3 is 5.97 Å². The highest BCUT2D eigenvalue weighted by Crippen LogP contribution is 2.18. The third-order valence-corrected chi connectivity index (χ3v) is 3.16. The van der Waals surface area contributed by atoms with Crippen LogP contribution in [0.15, 0.2) is 29.4 Å². The van der Waals surface area contributed by atoms with Crippen molar-refractivity contribution in [3.05, 3.63) is 35.5 Å². The molecule has 2 rings (SSSR count). The number of carbonyl (C=O) groups excluding carboxylic acids is 1. The number of benzene rings is 1. The molecule has 0 fully saturated rings. The van der Waals surface area contributed by atoms with E-state index in [4.69, 9.17) is 9.47 Å². The zero-order chi connectivity index (χ0) is 15.8. The topological polar surface area (TPSA) is 85.7 Å². The number of aromatic nitrogens is 2. The van der Waals surface area contributed by atoms with Gasteiger partial charge in [-0.2, -0.15) is 5.10 Å². The molecule has 0 atom stereocenters. The summed E-state index contributed by atoms with van der Waals surface area (Å²) in [6.07, 6.45) is 1.63. The summed E-state index contributed by atoms with van der Waals surface area (Å²) in [6.45, 7) is 4.58. The summed E-state index contributed by atoms with van der Waals surface area (Å²) in [6, 6.07) is 7.49. The van der Waals surface area contributed by atoms with E-state index in [0.717, 1.165) is 22.8 Å². The first-order valence-corrected chi connectivity index (χ1v) is 7.53.